The van der Waals surface area contributed by atoms with Crippen molar-refractivity contribution in [3.63, 3.8) is 0 Å². The number of halogens is 1. The SMILES string of the molecule is CN=C(NCCc1cccs1)N1CCC2(CCCC2)C1.I. The summed E-state index contributed by atoms with van der Waals surface area (Å²) in [5.74, 6) is 1.10. The lowest BCUT2D eigenvalue weighted by Crippen LogP contribution is -2.41. The summed E-state index contributed by atoms with van der Waals surface area (Å²) in [7, 11) is 1.91. The van der Waals surface area contributed by atoms with Crippen molar-refractivity contribution in [2.75, 3.05) is 26.7 Å². The highest BCUT2D eigenvalue weighted by molar-refractivity contribution is 14.0. The third kappa shape index (κ3) is 4.12. The van der Waals surface area contributed by atoms with Crippen LogP contribution in [0, 0.1) is 5.41 Å². The fourth-order valence-corrected chi connectivity index (χ4v) is 4.44. The van der Waals surface area contributed by atoms with Crippen molar-refractivity contribution in [1.29, 1.82) is 0 Å². The zero-order chi connectivity index (χ0) is 13.8. The van der Waals surface area contributed by atoms with Crippen LogP contribution in [0.4, 0.5) is 0 Å². The number of hydrogen-bond acceptors (Lipinski definition) is 2. The molecule has 0 aromatic carbocycles. The van der Waals surface area contributed by atoms with Crippen molar-refractivity contribution in [1.82, 2.24) is 10.2 Å². The lowest BCUT2D eigenvalue weighted by molar-refractivity contribution is 0.309. The second-order valence-corrected chi connectivity index (χ2v) is 7.21. The number of nitrogens with one attached hydrogen (secondary N) is 1. The number of rotatable bonds is 3. The van der Waals surface area contributed by atoms with Gasteiger partial charge in [-0.2, -0.15) is 0 Å². The first kappa shape index (κ1) is 17.1. The van der Waals surface area contributed by atoms with Crippen molar-refractivity contribution >= 4 is 41.3 Å². The van der Waals surface area contributed by atoms with Gasteiger partial charge in [0.1, 0.15) is 0 Å². The maximum atomic E-state index is 4.48. The zero-order valence-corrected chi connectivity index (χ0v) is 16.0. The molecule has 0 unspecified atom stereocenters. The lowest BCUT2D eigenvalue weighted by Gasteiger charge is -2.25. The van der Waals surface area contributed by atoms with Crippen molar-refractivity contribution < 1.29 is 0 Å². The van der Waals surface area contributed by atoms with Crippen LogP contribution in [-0.2, 0) is 6.42 Å². The normalized spacial score (nSPS) is 20.8. The first-order valence-electron chi connectivity index (χ1n) is 7.79. The lowest BCUT2D eigenvalue weighted by atomic mass is 9.86. The van der Waals surface area contributed by atoms with E-state index in [4.69, 9.17) is 0 Å². The number of nitrogens with zero attached hydrogens (tertiary/aromatic N) is 2. The Balaban J connectivity index is 0.00000161. The molecular formula is C16H26IN3S. The Labute approximate surface area is 149 Å². The molecule has 2 aliphatic rings. The number of guanidine groups is 1. The second-order valence-electron chi connectivity index (χ2n) is 6.18. The van der Waals surface area contributed by atoms with Crippen LogP contribution in [0.3, 0.4) is 0 Å². The van der Waals surface area contributed by atoms with Crippen LogP contribution in [0.25, 0.3) is 0 Å². The van der Waals surface area contributed by atoms with E-state index in [1.807, 2.05) is 18.4 Å². The van der Waals surface area contributed by atoms with Gasteiger partial charge < -0.3 is 10.2 Å². The summed E-state index contributed by atoms with van der Waals surface area (Å²) in [6.07, 6.45) is 8.16. The number of aliphatic imine (C=N–C) groups is 1. The predicted octanol–water partition coefficient (Wildman–Crippen LogP) is 3.75. The zero-order valence-electron chi connectivity index (χ0n) is 12.8. The summed E-state index contributed by atoms with van der Waals surface area (Å²) in [5.41, 5.74) is 0.616. The van der Waals surface area contributed by atoms with Gasteiger partial charge in [0, 0.05) is 31.6 Å². The van der Waals surface area contributed by atoms with E-state index < -0.39 is 0 Å². The minimum absolute atomic E-state index is 0. The highest BCUT2D eigenvalue weighted by Gasteiger charge is 2.40. The second kappa shape index (κ2) is 7.81. The highest BCUT2D eigenvalue weighted by atomic mass is 127. The van der Waals surface area contributed by atoms with Crippen LogP contribution in [0.2, 0.25) is 0 Å². The van der Waals surface area contributed by atoms with Gasteiger partial charge in [-0.25, -0.2) is 0 Å². The van der Waals surface area contributed by atoms with Crippen LogP contribution >= 0.6 is 35.3 Å². The standard InChI is InChI=1S/C16H25N3S.HI/c1-17-15(18-10-6-14-5-4-12-20-14)19-11-9-16(13-19)7-2-3-8-16;/h4-5,12H,2-3,6-11,13H2,1H3,(H,17,18);1H. The molecule has 1 aromatic heterocycles. The quantitative estimate of drug-likeness (QED) is 0.459. The molecule has 0 amide bonds. The predicted molar refractivity (Wildman–Crippen MR) is 102 cm³/mol. The van der Waals surface area contributed by atoms with Crippen molar-refractivity contribution in [2.24, 2.45) is 10.4 Å². The molecule has 3 rings (SSSR count). The third-order valence-electron chi connectivity index (χ3n) is 4.85. The van der Waals surface area contributed by atoms with Crippen LogP contribution in [-0.4, -0.2) is 37.5 Å². The van der Waals surface area contributed by atoms with Gasteiger partial charge in [0.25, 0.3) is 0 Å². The fraction of sp³-hybridized carbons (Fsp3) is 0.688. The number of likely N-dealkylation sites (tertiary alicyclic amines) is 1. The van der Waals surface area contributed by atoms with E-state index in [0.717, 1.165) is 18.9 Å². The molecular weight excluding hydrogens is 393 g/mol. The Morgan fingerprint density at radius 1 is 1.38 bits per heavy atom. The number of hydrogen-bond donors (Lipinski definition) is 1. The van der Waals surface area contributed by atoms with E-state index in [9.17, 15) is 0 Å². The number of thiophene rings is 1. The minimum Gasteiger partial charge on any atom is -0.356 e. The van der Waals surface area contributed by atoms with Crippen LogP contribution in [0.5, 0.6) is 0 Å². The van der Waals surface area contributed by atoms with Gasteiger partial charge in [-0.3, -0.25) is 4.99 Å². The molecule has 1 aromatic rings. The molecule has 1 saturated heterocycles. The summed E-state index contributed by atoms with van der Waals surface area (Å²) < 4.78 is 0. The van der Waals surface area contributed by atoms with Gasteiger partial charge in [-0.05, 0) is 42.5 Å². The minimum atomic E-state index is 0. The van der Waals surface area contributed by atoms with E-state index in [1.165, 1.54) is 50.1 Å². The molecule has 1 aliphatic carbocycles. The molecule has 0 radical (unpaired) electrons. The Kier molecular flexibility index (Phi) is 6.34. The van der Waals surface area contributed by atoms with Gasteiger partial charge >= 0.3 is 0 Å². The molecule has 1 spiro atoms. The summed E-state index contributed by atoms with van der Waals surface area (Å²) in [6, 6.07) is 4.33. The van der Waals surface area contributed by atoms with E-state index >= 15 is 0 Å². The summed E-state index contributed by atoms with van der Waals surface area (Å²) >= 11 is 1.84. The Bertz CT molecular complexity index is 452. The fourth-order valence-electron chi connectivity index (χ4n) is 3.73. The maximum Gasteiger partial charge on any atom is 0.193 e. The third-order valence-corrected chi connectivity index (χ3v) is 5.78. The average Bonchev–Trinajstić information content (AvgIpc) is 3.19. The molecule has 1 saturated carbocycles. The molecule has 2 heterocycles. The Hall–Kier alpha value is -0.300. The first-order chi connectivity index (χ1) is 9.81. The molecule has 3 nitrogen and oxygen atoms in total. The van der Waals surface area contributed by atoms with Gasteiger partial charge in [-0.15, -0.1) is 35.3 Å². The van der Waals surface area contributed by atoms with Gasteiger partial charge in [0.05, 0.1) is 0 Å². The molecule has 0 atom stereocenters. The van der Waals surface area contributed by atoms with E-state index in [2.05, 4.69) is 32.7 Å². The van der Waals surface area contributed by atoms with Crippen molar-refractivity contribution in [3.05, 3.63) is 22.4 Å². The maximum absolute atomic E-state index is 4.48. The van der Waals surface area contributed by atoms with Crippen LogP contribution in [0.1, 0.15) is 37.0 Å². The molecule has 5 heteroatoms. The largest absolute Gasteiger partial charge is 0.356 e. The molecule has 2 fully saturated rings. The highest BCUT2D eigenvalue weighted by Crippen LogP contribution is 2.45. The van der Waals surface area contributed by atoms with Gasteiger partial charge in [-0.1, -0.05) is 18.9 Å². The monoisotopic (exact) mass is 419 g/mol. The smallest absolute Gasteiger partial charge is 0.193 e. The van der Waals surface area contributed by atoms with Crippen LogP contribution in [0.15, 0.2) is 22.5 Å². The molecule has 21 heavy (non-hydrogen) atoms. The van der Waals surface area contributed by atoms with Crippen molar-refractivity contribution in [2.45, 2.75) is 38.5 Å². The van der Waals surface area contributed by atoms with Crippen molar-refractivity contribution in [3.8, 4) is 0 Å². The topological polar surface area (TPSA) is 27.6 Å². The average molecular weight is 419 g/mol. The Morgan fingerprint density at radius 2 is 2.19 bits per heavy atom. The summed E-state index contributed by atoms with van der Waals surface area (Å²) in [5, 5.41) is 5.69. The van der Waals surface area contributed by atoms with E-state index in [0.29, 0.717) is 5.41 Å². The van der Waals surface area contributed by atoms with E-state index in [1.54, 1.807) is 0 Å². The molecule has 1 aliphatic heterocycles. The molecule has 0 bridgehead atoms. The van der Waals surface area contributed by atoms with Gasteiger partial charge in [0.15, 0.2) is 5.96 Å². The molecule has 1 N–H and O–H groups in total. The summed E-state index contributed by atoms with van der Waals surface area (Å²) in [4.78, 5) is 8.40. The summed E-state index contributed by atoms with van der Waals surface area (Å²) in [6.45, 7) is 3.38. The van der Waals surface area contributed by atoms with Crippen LogP contribution < -0.4 is 5.32 Å². The first-order valence-corrected chi connectivity index (χ1v) is 8.67. The van der Waals surface area contributed by atoms with E-state index in [-0.39, 0.29) is 24.0 Å². The molecule has 118 valence electrons. The van der Waals surface area contributed by atoms with Gasteiger partial charge in [0.2, 0.25) is 0 Å². The Morgan fingerprint density at radius 3 is 2.86 bits per heavy atom.